The van der Waals surface area contributed by atoms with Crippen molar-refractivity contribution in [2.24, 2.45) is 5.73 Å². The van der Waals surface area contributed by atoms with Gasteiger partial charge >= 0.3 is 0 Å². The molecule has 0 saturated carbocycles. The number of hydrogen-bond acceptors (Lipinski definition) is 3. The van der Waals surface area contributed by atoms with Crippen LogP contribution in [0.25, 0.3) is 10.6 Å². The lowest BCUT2D eigenvalue weighted by atomic mass is 10.1. The molecule has 0 bridgehead atoms. The Morgan fingerprint density at radius 2 is 2.31 bits per heavy atom. The average Bonchev–Trinajstić information content (AvgIpc) is 2.77. The minimum Gasteiger partial charge on any atom is -0.330 e. The molecule has 0 saturated heterocycles. The number of nitrogens with two attached hydrogens (primary N) is 1. The van der Waals surface area contributed by atoms with Crippen LogP contribution in [-0.4, -0.2) is 11.5 Å². The molecule has 84 valence electrons. The van der Waals surface area contributed by atoms with Gasteiger partial charge in [-0.15, -0.1) is 11.3 Å². The highest BCUT2D eigenvalue weighted by Gasteiger charge is 2.09. The Balaban J connectivity index is 2.31. The van der Waals surface area contributed by atoms with Gasteiger partial charge in [-0.1, -0.05) is 30.7 Å². The fraction of sp³-hybridized carbons (Fsp3) is 0.250. The number of halogens is 1. The first-order chi connectivity index (χ1) is 7.70. The molecule has 2 rings (SSSR count). The van der Waals surface area contributed by atoms with Crippen molar-refractivity contribution in [3.63, 3.8) is 0 Å². The molecule has 2 nitrogen and oxygen atoms in total. The van der Waals surface area contributed by atoms with Gasteiger partial charge in [0, 0.05) is 28.4 Å². The van der Waals surface area contributed by atoms with Crippen LogP contribution in [0.4, 0.5) is 0 Å². The second-order valence-corrected chi connectivity index (χ2v) is 5.02. The normalized spacial score (nSPS) is 12.7. The van der Waals surface area contributed by atoms with Crippen molar-refractivity contribution in [1.82, 2.24) is 4.98 Å². The van der Waals surface area contributed by atoms with Crippen LogP contribution in [0.1, 0.15) is 18.5 Å². The third-order valence-electron chi connectivity index (χ3n) is 2.45. The largest absolute Gasteiger partial charge is 0.330 e. The van der Waals surface area contributed by atoms with Crippen molar-refractivity contribution >= 4 is 22.9 Å². The van der Waals surface area contributed by atoms with Crippen LogP contribution in [0.15, 0.2) is 29.6 Å². The van der Waals surface area contributed by atoms with Crippen molar-refractivity contribution in [3.05, 3.63) is 40.4 Å². The highest BCUT2D eigenvalue weighted by Crippen LogP contribution is 2.28. The van der Waals surface area contributed by atoms with E-state index in [1.807, 2.05) is 24.3 Å². The maximum atomic E-state index is 5.95. The van der Waals surface area contributed by atoms with Gasteiger partial charge in [0.15, 0.2) is 0 Å². The fourth-order valence-electron chi connectivity index (χ4n) is 1.39. The molecule has 0 radical (unpaired) electrons. The summed E-state index contributed by atoms with van der Waals surface area (Å²) in [6.45, 7) is 2.70. The van der Waals surface area contributed by atoms with E-state index < -0.39 is 0 Å². The fourth-order valence-corrected chi connectivity index (χ4v) is 2.52. The first kappa shape index (κ1) is 11.6. The van der Waals surface area contributed by atoms with E-state index in [2.05, 4.69) is 17.3 Å². The molecule has 16 heavy (non-hydrogen) atoms. The zero-order chi connectivity index (χ0) is 11.5. The Kier molecular flexibility index (Phi) is 3.59. The summed E-state index contributed by atoms with van der Waals surface area (Å²) in [5.74, 6) is 0.309. The molecule has 0 spiro atoms. The maximum Gasteiger partial charge on any atom is 0.123 e. The first-order valence-corrected chi connectivity index (χ1v) is 6.38. The molecule has 1 atom stereocenters. The smallest absolute Gasteiger partial charge is 0.123 e. The van der Waals surface area contributed by atoms with Crippen LogP contribution < -0.4 is 5.73 Å². The second kappa shape index (κ2) is 4.95. The minimum absolute atomic E-state index is 0.309. The molecule has 1 heterocycles. The molecule has 1 aromatic heterocycles. The maximum absolute atomic E-state index is 5.95. The summed E-state index contributed by atoms with van der Waals surface area (Å²) in [6, 6.07) is 7.74. The van der Waals surface area contributed by atoms with Crippen LogP contribution in [0.3, 0.4) is 0 Å². The van der Waals surface area contributed by atoms with Gasteiger partial charge < -0.3 is 5.73 Å². The lowest BCUT2D eigenvalue weighted by Crippen LogP contribution is -2.08. The highest BCUT2D eigenvalue weighted by atomic mass is 35.5. The van der Waals surface area contributed by atoms with Crippen molar-refractivity contribution in [1.29, 1.82) is 0 Å². The predicted molar refractivity (Wildman–Crippen MR) is 70.0 cm³/mol. The molecule has 1 aromatic carbocycles. The molecule has 0 aliphatic rings. The van der Waals surface area contributed by atoms with E-state index in [1.165, 1.54) is 0 Å². The minimum atomic E-state index is 0.309. The van der Waals surface area contributed by atoms with E-state index >= 15 is 0 Å². The number of thiazole rings is 1. The van der Waals surface area contributed by atoms with Gasteiger partial charge in [-0.25, -0.2) is 4.98 Å². The number of rotatable bonds is 3. The Labute approximate surface area is 104 Å². The van der Waals surface area contributed by atoms with Gasteiger partial charge in [0.2, 0.25) is 0 Å². The molecule has 0 fully saturated rings. The van der Waals surface area contributed by atoms with Crippen molar-refractivity contribution in [2.75, 3.05) is 6.54 Å². The standard InChI is InChI=1S/C12H13ClN2S/c1-8(6-14)11-7-16-12(15-11)9-3-2-4-10(13)5-9/h2-5,7-8H,6,14H2,1H3. The van der Waals surface area contributed by atoms with Crippen molar-refractivity contribution in [2.45, 2.75) is 12.8 Å². The molecular weight excluding hydrogens is 240 g/mol. The van der Waals surface area contributed by atoms with E-state index in [0.717, 1.165) is 21.3 Å². The lowest BCUT2D eigenvalue weighted by molar-refractivity contribution is 0.752. The van der Waals surface area contributed by atoms with Gasteiger partial charge in [-0.2, -0.15) is 0 Å². The van der Waals surface area contributed by atoms with E-state index in [4.69, 9.17) is 17.3 Å². The van der Waals surface area contributed by atoms with Gasteiger partial charge in [0.25, 0.3) is 0 Å². The van der Waals surface area contributed by atoms with E-state index in [-0.39, 0.29) is 0 Å². The molecule has 0 amide bonds. The molecular formula is C12H13ClN2S. The molecule has 2 aromatic rings. The number of hydrogen-bond donors (Lipinski definition) is 1. The third kappa shape index (κ3) is 2.43. The van der Waals surface area contributed by atoms with Crippen LogP contribution in [-0.2, 0) is 0 Å². The first-order valence-electron chi connectivity index (χ1n) is 5.12. The van der Waals surface area contributed by atoms with Crippen LogP contribution in [0, 0.1) is 0 Å². The highest BCUT2D eigenvalue weighted by molar-refractivity contribution is 7.13. The summed E-state index contributed by atoms with van der Waals surface area (Å²) in [6.07, 6.45) is 0. The summed E-state index contributed by atoms with van der Waals surface area (Å²) in [7, 11) is 0. The van der Waals surface area contributed by atoms with Gasteiger partial charge in [0.1, 0.15) is 5.01 Å². The SMILES string of the molecule is CC(CN)c1csc(-c2cccc(Cl)c2)n1. The van der Waals surface area contributed by atoms with Crippen molar-refractivity contribution < 1.29 is 0 Å². The monoisotopic (exact) mass is 252 g/mol. The number of benzene rings is 1. The number of aromatic nitrogens is 1. The molecule has 4 heteroatoms. The topological polar surface area (TPSA) is 38.9 Å². The van der Waals surface area contributed by atoms with E-state index in [0.29, 0.717) is 12.5 Å². The van der Waals surface area contributed by atoms with Crippen LogP contribution in [0.5, 0.6) is 0 Å². The van der Waals surface area contributed by atoms with E-state index in [1.54, 1.807) is 11.3 Å². The molecule has 1 unspecified atom stereocenters. The molecule has 0 aliphatic heterocycles. The summed E-state index contributed by atoms with van der Waals surface area (Å²) < 4.78 is 0. The molecule has 0 aliphatic carbocycles. The zero-order valence-electron chi connectivity index (χ0n) is 8.98. The Morgan fingerprint density at radius 1 is 1.50 bits per heavy atom. The van der Waals surface area contributed by atoms with Crippen LogP contribution >= 0.6 is 22.9 Å². The van der Waals surface area contributed by atoms with Gasteiger partial charge in [-0.3, -0.25) is 0 Å². The average molecular weight is 253 g/mol. The summed E-state index contributed by atoms with van der Waals surface area (Å²) in [5.41, 5.74) is 7.74. The van der Waals surface area contributed by atoms with Crippen LogP contribution in [0.2, 0.25) is 5.02 Å². The molecule has 2 N–H and O–H groups in total. The number of nitrogens with zero attached hydrogens (tertiary/aromatic N) is 1. The Bertz CT molecular complexity index is 481. The van der Waals surface area contributed by atoms with Crippen molar-refractivity contribution in [3.8, 4) is 10.6 Å². The Morgan fingerprint density at radius 3 is 3.00 bits per heavy atom. The van der Waals surface area contributed by atoms with Gasteiger partial charge in [-0.05, 0) is 12.1 Å². The second-order valence-electron chi connectivity index (χ2n) is 3.72. The van der Waals surface area contributed by atoms with Gasteiger partial charge in [0.05, 0.1) is 5.69 Å². The summed E-state index contributed by atoms with van der Waals surface area (Å²) >= 11 is 7.58. The summed E-state index contributed by atoms with van der Waals surface area (Å²) in [4.78, 5) is 4.57. The predicted octanol–water partition coefficient (Wildman–Crippen LogP) is 3.53. The quantitative estimate of drug-likeness (QED) is 0.908. The third-order valence-corrected chi connectivity index (χ3v) is 3.60. The Hall–Kier alpha value is -0.900. The lowest BCUT2D eigenvalue weighted by Gasteiger charge is -2.02. The zero-order valence-corrected chi connectivity index (χ0v) is 10.6. The summed E-state index contributed by atoms with van der Waals surface area (Å²) in [5, 5.41) is 3.80. The van der Waals surface area contributed by atoms with E-state index in [9.17, 15) is 0 Å².